The molecule has 0 amide bonds. The average Bonchev–Trinajstić information content (AvgIpc) is 1.59. The van der Waals surface area contributed by atoms with Gasteiger partial charge < -0.3 is 33.8 Å². The molecule has 0 aliphatic heterocycles. The molecule has 0 spiro atoms. The first-order valence-corrected chi connectivity index (χ1v) is 42.7. The molecule has 3 N–H and O–H groups in total. The van der Waals surface area contributed by atoms with E-state index in [1.54, 1.807) is 0 Å². The highest BCUT2D eigenvalue weighted by atomic mass is 31.2. The van der Waals surface area contributed by atoms with Gasteiger partial charge in [0.1, 0.15) is 19.3 Å². The van der Waals surface area contributed by atoms with Crippen molar-refractivity contribution in [3.63, 3.8) is 0 Å². The van der Waals surface area contributed by atoms with E-state index in [4.69, 9.17) is 37.0 Å². The second kappa shape index (κ2) is 66.3. The third-order valence-corrected chi connectivity index (χ3v) is 20.1. The summed E-state index contributed by atoms with van der Waals surface area (Å²) in [5.41, 5.74) is 0. The Labute approximate surface area is 588 Å². The quantitative estimate of drug-likeness (QED) is 0.0222. The normalized spacial score (nSPS) is 14.4. The Balaban J connectivity index is 5.21. The number of carbonyl (C=O) groups excluding carboxylic acids is 4. The molecule has 0 aromatic carbocycles. The molecule has 17 nitrogen and oxygen atoms in total. The second-order valence-corrected chi connectivity index (χ2v) is 32.3. The van der Waals surface area contributed by atoms with E-state index < -0.39 is 97.5 Å². The molecule has 570 valence electrons. The van der Waals surface area contributed by atoms with Crippen LogP contribution in [0.15, 0.2) is 0 Å². The van der Waals surface area contributed by atoms with Crippen LogP contribution in [-0.2, 0) is 65.4 Å². The van der Waals surface area contributed by atoms with E-state index >= 15 is 0 Å². The minimum Gasteiger partial charge on any atom is -0.462 e. The summed E-state index contributed by atoms with van der Waals surface area (Å²) in [6.45, 7) is 14.2. The molecule has 0 rings (SSSR count). The third-order valence-electron chi connectivity index (χ3n) is 18.2. The van der Waals surface area contributed by atoms with Gasteiger partial charge in [-0.2, -0.15) is 0 Å². The predicted molar refractivity (Wildman–Crippen MR) is 391 cm³/mol. The molecular formula is C77H150O17P2. The van der Waals surface area contributed by atoms with Crippen LogP contribution in [0.5, 0.6) is 0 Å². The van der Waals surface area contributed by atoms with Gasteiger partial charge in [0.2, 0.25) is 0 Å². The monoisotopic (exact) mass is 1410 g/mol. The van der Waals surface area contributed by atoms with Gasteiger partial charge in [-0.1, -0.05) is 338 Å². The highest BCUT2D eigenvalue weighted by Crippen LogP contribution is 2.45. The minimum atomic E-state index is -4.96. The first kappa shape index (κ1) is 94.1. The fourth-order valence-corrected chi connectivity index (χ4v) is 13.3. The Hall–Kier alpha value is -1.94. The lowest BCUT2D eigenvalue weighted by Crippen LogP contribution is -2.30. The van der Waals surface area contributed by atoms with Gasteiger partial charge in [0.15, 0.2) is 12.2 Å². The summed E-state index contributed by atoms with van der Waals surface area (Å²) in [6, 6.07) is 0. The maximum absolute atomic E-state index is 13.1. The number of phosphoric acid groups is 2. The highest BCUT2D eigenvalue weighted by Gasteiger charge is 2.30. The van der Waals surface area contributed by atoms with Gasteiger partial charge in [-0.15, -0.1) is 0 Å². The molecule has 0 radical (unpaired) electrons. The van der Waals surface area contributed by atoms with Crippen LogP contribution in [0.25, 0.3) is 0 Å². The Kier molecular flexibility index (Phi) is 65.0. The second-order valence-electron chi connectivity index (χ2n) is 29.4. The van der Waals surface area contributed by atoms with Gasteiger partial charge in [0, 0.05) is 25.7 Å². The van der Waals surface area contributed by atoms with Gasteiger partial charge in [-0.25, -0.2) is 9.13 Å². The maximum Gasteiger partial charge on any atom is 0.472 e. The first-order chi connectivity index (χ1) is 46.1. The summed E-state index contributed by atoms with van der Waals surface area (Å²) >= 11 is 0. The Bertz CT molecular complexity index is 1890. The third kappa shape index (κ3) is 69.2. The van der Waals surface area contributed by atoms with E-state index in [0.29, 0.717) is 31.6 Å². The fourth-order valence-electron chi connectivity index (χ4n) is 11.7. The zero-order valence-electron chi connectivity index (χ0n) is 63.0. The smallest absolute Gasteiger partial charge is 0.462 e. The van der Waals surface area contributed by atoms with Crippen molar-refractivity contribution in [3.8, 4) is 0 Å². The first-order valence-electron chi connectivity index (χ1n) is 39.7. The molecule has 4 unspecified atom stereocenters. The molecular weight excluding hydrogens is 1260 g/mol. The van der Waals surface area contributed by atoms with E-state index in [1.165, 1.54) is 193 Å². The number of carbonyl (C=O) groups is 4. The lowest BCUT2D eigenvalue weighted by molar-refractivity contribution is -0.161. The van der Waals surface area contributed by atoms with Crippen molar-refractivity contribution in [2.24, 2.45) is 23.7 Å². The summed E-state index contributed by atoms with van der Waals surface area (Å²) in [5.74, 6) is 0.929. The molecule has 96 heavy (non-hydrogen) atoms. The SMILES string of the molecule is CCC(C)CCCCCCCCCCCCC(=O)OC[C@H](COP(=O)(O)OCC(O)COP(=O)(O)OC[C@@H](COC(=O)CCCCCCCCCCC(C)C)OC(=O)CCCCCCCCCC(C)C)OC(=O)CCCCCCCCCCCCCCCCCCCCC(C)C. The van der Waals surface area contributed by atoms with Crippen molar-refractivity contribution in [2.75, 3.05) is 39.6 Å². The number of aliphatic hydroxyl groups excluding tert-OH is 1. The summed E-state index contributed by atoms with van der Waals surface area (Å²) in [7, 11) is -9.91. The topological polar surface area (TPSA) is 237 Å². The molecule has 0 aliphatic rings. The number of ether oxygens (including phenoxy) is 4. The summed E-state index contributed by atoms with van der Waals surface area (Å²) < 4.78 is 68.5. The molecule has 0 bridgehead atoms. The van der Waals surface area contributed by atoms with Crippen LogP contribution >= 0.6 is 15.6 Å². The summed E-state index contributed by atoms with van der Waals surface area (Å²) in [5, 5.41) is 10.6. The molecule has 0 aliphatic carbocycles. The number of aliphatic hydroxyl groups is 1. The van der Waals surface area contributed by atoms with Crippen LogP contribution in [0.4, 0.5) is 0 Å². The number of phosphoric ester groups is 2. The molecule has 0 aromatic rings. The van der Waals surface area contributed by atoms with Gasteiger partial charge in [0.25, 0.3) is 0 Å². The highest BCUT2D eigenvalue weighted by molar-refractivity contribution is 7.47. The van der Waals surface area contributed by atoms with Gasteiger partial charge in [-0.3, -0.25) is 37.3 Å². The predicted octanol–water partition coefficient (Wildman–Crippen LogP) is 22.4. The number of esters is 4. The molecule has 0 fully saturated rings. The average molecular weight is 1410 g/mol. The molecule has 19 heteroatoms. The van der Waals surface area contributed by atoms with E-state index in [2.05, 4.69) is 55.4 Å². The Morgan fingerprint density at radius 2 is 0.500 bits per heavy atom. The van der Waals surface area contributed by atoms with Crippen LogP contribution in [0.2, 0.25) is 0 Å². The van der Waals surface area contributed by atoms with Gasteiger partial charge in [-0.05, 0) is 49.4 Å². The fraction of sp³-hybridized carbons (Fsp3) is 0.948. The van der Waals surface area contributed by atoms with Gasteiger partial charge in [0.05, 0.1) is 26.4 Å². The van der Waals surface area contributed by atoms with E-state index in [9.17, 15) is 43.2 Å². The standard InChI is InChI=1S/C77H150O17P2/c1-9-70(8)56-48-40-32-23-20-21-24-33-41-49-57-74(79)87-63-72(93-76(81)59-51-43-35-25-19-17-15-13-11-10-12-14-16-18-22-29-37-45-53-67(2)3)65-91-95(83,84)89-61-71(78)62-90-96(85,86)92-66-73(94-77(82)60-52-44-36-28-31-39-47-55-69(6)7)64-88-75(80)58-50-42-34-27-26-30-38-46-54-68(4)5/h67-73,78H,9-66H2,1-8H3,(H,83,84)(H,85,86)/t70?,71?,72-,73-/m1/s1. The summed E-state index contributed by atoms with van der Waals surface area (Å²) in [6.07, 6.45) is 51.5. The lowest BCUT2D eigenvalue weighted by Gasteiger charge is -2.21. The van der Waals surface area contributed by atoms with Crippen LogP contribution in [0, 0.1) is 23.7 Å². The zero-order valence-corrected chi connectivity index (χ0v) is 64.8. The molecule has 6 atom stereocenters. The molecule has 0 aromatic heterocycles. The van der Waals surface area contributed by atoms with Crippen molar-refractivity contribution in [1.82, 2.24) is 0 Å². The van der Waals surface area contributed by atoms with E-state index in [1.807, 2.05) is 0 Å². The number of rotatable bonds is 74. The minimum absolute atomic E-state index is 0.103. The van der Waals surface area contributed by atoms with Crippen molar-refractivity contribution < 1.29 is 80.2 Å². The van der Waals surface area contributed by atoms with Crippen LogP contribution in [0.1, 0.15) is 389 Å². The molecule has 0 saturated carbocycles. The summed E-state index contributed by atoms with van der Waals surface area (Å²) in [4.78, 5) is 72.8. The molecule has 0 heterocycles. The van der Waals surface area contributed by atoms with Gasteiger partial charge >= 0.3 is 39.5 Å². The largest absolute Gasteiger partial charge is 0.472 e. The number of hydrogen-bond acceptors (Lipinski definition) is 15. The number of hydrogen-bond donors (Lipinski definition) is 3. The zero-order chi connectivity index (χ0) is 71.0. The van der Waals surface area contributed by atoms with Crippen LogP contribution in [-0.4, -0.2) is 96.7 Å². The van der Waals surface area contributed by atoms with Crippen molar-refractivity contribution >= 4 is 39.5 Å². The lowest BCUT2D eigenvalue weighted by atomic mass is 9.99. The van der Waals surface area contributed by atoms with Crippen molar-refractivity contribution in [1.29, 1.82) is 0 Å². The maximum atomic E-state index is 13.1. The van der Waals surface area contributed by atoms with Crippen molar-refractivity contribution in [2.45, 2.75) is 408 Å². The van der Waals surface area contributed by atoms with E-state index in [-0.39, 0.29) is 25.7 Å². The van der Waals surface area contributed by atoms with Crippen LogP contribution in [0.3, 0.4) is 0 Å². The Morgan fingerprint density at radius 1 is 0.292 bits per heavy atom. The van der Waals surface area contributed by atoms with Crippen LogP contribution < -0.4 is 0 Å². The Morgan fingerprint density at radius 3 is 0.740 bits per heavy atom. The van der Waals surface area contributed by atoms with E-state index in [0.717, 1.165) is 108 Å². The number of unbranched alkanes of at least 4 members (excludes halogenated alkanes) is 39. The van der Waals surface area contributed by atoms with Crippen molar-refractivity contribution in [3.05, 3.63) is 0 Å². The molecule has 0 saturated heterocycles.